The molecule has 228 valence electrons. The third-order valence-electron chi connectivity index (χ3n) is 9.05. The number of rotatable bonds is 7. The van der Waals surface area contributed by atoms with Crippen LogP contribution in [0.25, 0.3) is 22.0 Å². The van der Waals surface area contributed by atoms with Crippen LogP contribution in [-0.4, -0.2) is 59.7 Å². The van der Waals surface area contributed by atoms with Gasteiger partial charge in [-0.25, -0.2) is 0 Å². The van der Waals surface area contributed by atoms with Gasteiger partial charge in [0.05, 0.1) is 16.6 Å². The maximum absolute atomic E-state index is 14.3. The van der Waals surface area contributed by atoms with Crippen molar-refractivity contribution >= 4 is 16.8 Å². The monoisotopic (exact) mass is 601 g/mol. The van der Waals surface area contributed by atoms with Crippen molar-refractivity contribution in [2.24, 2.45) is 0 Å². The van der Waals surface area contributed by atoms with Crippen LogP contribution < -0.4 is 9.47 Å². The molecule has 0 aliphatic carbocycles. The number of ether oxygens (including phenoxy) is 2. The lowest BCUT2D eigenvalue weighted by Crippen LogP contribution is -2.42. The van der Waals surface area contributed by atoms with Crippen LogP contribution in [0.3, 0.4) is 0 Å². The molecule has 2 saturated heterocycles. The van der Waals surface area contributed by atoms with Gasteiger partial charge in [0.1, 0.15) is 0 Å². The first-order valence-electron chi connectivity index (χ1n) is 15.3. The van der Waals surface area contributed by atoms with Gasteiger partial charge in [0.15, 0.2) is 11.5 Å². The molecule has 0 radical (unpaired) electrons. The SMILES string of the molecule is O=C(c1cc(CCc2ccc(C(F)(F)F)cc2)nc2ccc(-c3ccc4c(c3)OCO4)cc12)N1CCC[C@H]1CN1CCCC1. The summed E-state index contributed by atoms with van der Waals surface area (Å²) in [7, 11) is 0. The summed E-state index contributed by atoms with van der Waals surface area (Å²) in [6, 6.07) is 19.1. The first kappa shape index (κ1) is 28.6. The Bertz CT molecular complexity index is 1680. The van der Waals surface area contributed by atoms with E-state index in [-0.39, 0.29) is 18.7 Å². The quantitative estimate of drug-likeness (QED) is 0.226. The number of alkyl halides is 3. The Hall–Kier alpha value is -4.11. The Labute approximate surface area is 254 Å². The van der Waals surface area contributed by atoms with Crippen molar-refractivity contribution in [1.29, 1.82) is 0 Å². The molecule has 0 unspecified atom stereocenters. The molecule has 4 heterocycles. The van der Waals surface area contributed by atoms with Gasteiger partial charge in [-0.3, -0.25) is 9.78 Å². The van der Waals surface area contributed by atoms with Crippen LogP contribution in [-0.2, 0) is 19.0 Å². The Balaban J connectivity index is 1.22. The molecule has 0 bridgehead atoms. The second-order valence-corrected chi connectivity index (χ2v) is 12.0. The van der Waals surface area contributed by atoms with Gasteiger partial charge in [0.25, 0.3) is 5.91 Å². The molecule has 7 rings (SSSR count). The molecule has 1 atom stereocenters. The first-order valence-corrected chi connectivity index (χ1v) is 15.3. The molecule has 44 heavy (non-hydrogen) atoms. The summed E-state index contributed by atoms with van der Waals surface area (Å²) >= 11 is 0. The number of aryl methyl sites for hydroxylation is 2. The summed E-state index contributed by atoms with van der Waals surface area (Å²) in [4.78, 5) is 23.8. The molecule has 3 aliphatic heterocycles. The Morgan fingerprint density at radius 2 is 1.59 bits per heavy atom. The lowest BCUT2D eigenvalue weighted by Gasteiger charge is -2.29. The van der Waals surface area contributed by atoms with Gasteiger partial charge in [-0.15, -0.1) is 0 Å². The number of amides is 1. The molecular formula is C35H34F3N3O3. The predicted molar refractivity (Wildman–Crippen MR) is 162 cm³/mol. The molecule has 2 fully saturated rings. The largest absolute Gasteiger partial charge is 0.454 e. The second-order valence-electron chi connectivity index (χ2n) is 12.0. The molecule has 1 amide bonds. The fourth-order valence-corrected chi connectivity index (χ4v) is 6.68. The Kier molecular flexibility index (Phi) is 7.66. The van der Waals surface area contributed by atoms with Gasteiger partial charge in [0, 0.05) is 30.2 Å². The van der Waals surface area contributed by atoms with E-state index >= 15 is 0 Å². The zero-order chi connectivity index (χ0) is 30.3. The number of nitrogens with zero attached hydrogens (tertiary/aromatic N) is 3. The van der Waals surface area contributed by atoms with Crippen molar-refractivity contribution < 1.29 is 27.4 Å². The molecule has 0 N–H and O–H groups in total. The maximum atomic E-state index is 14.3. The molecule has 1 aromatic heterocycles. The van der Waals surface area contributed by atoms with Crippen molar-refractivity contribution in [3.8, 4) is 22.6 Å². The lowest BCUT2D eigenvalue weighted by atomic mass is 9.98. The Morgan fingerprint density at radius 1 is 0.841 bits per heavy atom. The van der Waals surface area contributed by atoms with Crippen LogP contribution in [0.1, 0.15) is 52.9 Å². The van der Waals surface area contributed by atoms with Gasteiger partial charge in [-0.1, -0.05) is 24.3 Å². The number of carbonyl (C=O) groups excluding carboxylic acids is 1. The minimum atomic E-state index is -4.37. The highest BCUT2D eigenvalue weighted by atomic mass is 19.4. The van der Waals surface area contributed by atoms with E-state index in [4.69, 9.17) is 14.5 Å². The number of hydrogen-bond donors (Lipinski definition) is 0. The number of hydrogen-bond acceptors (Lipinski definition) is 5. The van der Waals surface area contributed by atoms with E-state index in [1.165, 1.54) is 25.0 Å². The molecule has 0 spiro atoms. The highest BCUT2D eigenvalue weighted by Crippen LogP contribution is 2.37. The van der Waals surface area contributed by atoms with Crippen LogP contribution >= 0.6 is 0 Å². The summed E-state index contributed by atoms with van der Waals surface area (Å²) in [6.45, 7) is 4.00. The molecular weight excluding hydrogens is 567 g/mol. The average Bonchev–Trinajstić information content (AvgIpc) is 3.81. The molecule has 4 aromatic rings. The Morgan fingerprint density at radius 3 is 2.39 bits per heavy atom. The maximum Gasteiger partial charge on any atom is 0.416 e. The van der Waals surface area contributed by atoms with Crippen molar-refractivity contribution in [1.82, 2.24) is 14.8 Å². The van der Waals surface area contributed by atoms with Crippen LogP contribution in [0.4, 0.5) is 13.2 Å². The molecule has 3 aliphatic rings. The number of benzene rings is 3. The van der Waals surface area contributed by atoms with Crippen molar-refractivity contribution in [3.05, 3.63) is 89.1 Å². The van der Waals surface area contributed by atoms with Crippen molar-refractivity contribution in [2.75, 3.05) is 33.0 Å². The van der Waals surface area contributed by atoms with Gasteiger partial charge in [-0.05, 0) is 111 Å². The standard InChI is InChI=1S/C35H34F3N3O3/c36-35(37,38)26-10-5-23(6-11-26)7-12-27-20-30(34(42)41-17-3-4-28(41)21-40-15-1-2-16-40)29-18-24(8-13-31(29)39-27)25-9-14-32-33(19-25)44-22-43-32/h5-6,8-11,13-14,18-20,28H,1-4,7,12,15-17,21-22H2/t28-/m0/s1. The number of halogens is 3. The molecule has 6 nitrogen and oxygen atoms in total. The van der Waals surface area contributed by atoms with Gasteiger partial charge < -0.3 is 19.3 Å². The first-order chi connectivity index (χ1) is 21.3. The summed E-state index contributed by atoms with van der Waals surface area (Å²) in [5, 5.41) is 0.787. The number of aromatic nitrogens is 1. The molecule has 0 saturated carbocycles. The average molecular weight is 602 g/mol. The molecule has 9 heteroatoms. The summed E-state index contributed by atoms with van der Waals surface area (Å²) in [5.74, 6) is 1.41. The fourth-order valence-electron chi connectivity index (χ4n) is 6.68. The summed E-state index contributed by atoms with van der Waals surface area (Å²) in [6.07, 6.45) is 1.05. The van der Waals surface area contributed by atoms with Crippen LogP contribution in [0.5, 0.6) is 11.5 Å². The highest BCUT2D eigenvalue weighted by Gasteiger charge is 2.33. The number of pyridine rings is 1. The number of carbonyl (C=O) groups is 1. The zero-order valence-corrected chi connectivity index (χ0v) is 24.4. The number of likely N-dealkylation sites (tertiary alicyclic amines) is 2. The smallest absolute Gasteiger partial charge is 0.416 e. The van der Waals surface area contributed by atoms with E-state index in [1.807, 2.05) is 47.4 Å². The fraction of sp³-hybridized carbons (Fsp3) is 0.371. The van der Waals surface area contributed by atoms with Crippen molar-refractivity contribution in [2.45, 2.75) is 50.7 Å². The second kappa shape index (κ2) is 11.8. The van der Waals surface area contributed by atoms with Crippen LogP contribution in [0.2, 0.25) is 0 Å². The van der Waals surface area contributed by atoms with E-state index in [2.05, 4.69) is 4.90 Å². The lowest BCUT2D eigenvalue weighted by molar-refractivity contribution is -0.137. The van der Waals surface area contributed by atoms with Gasteiger partial charge in [-0.2, -0.15) is 13.2 Å². The van der Waals surface area contributed by atoms with E-state index in [0.29, 0.717) is 29.9 Å². The third kappa shape index (κ3) is 5.85. The van der Waals surface area contributed by atoms with E-state index in [0.717, 1.165) is 84.4 Å². The minimum Gasteiger partial charge on any atom is -0.454 e. The highest BCUT2D eigenvalue weighted by molar-refractivity contribution is 6.07. The van der Waals surface area contributed by atoms with Gasteiger partial charge >= 0.3 is 6.18 Å². The van der Waals surface area contributed by atoms with Crippen LogP contribution in [0, 0.1) is 0 Å². The summed E-state index contributed by atoms with van der Waals surface area (Å²) < 4.78 is 50.2. The molecule has 3 aromatic carbocycles. The van der Waals surface area contributed by atoms with E-state index in [1.54, 1.807) is 0 Å². The number of fused-ring (bicyclic) bond motifs is 2. The van der Waals surface area contributed by atoms with E-state index < -0.39 is 11.7 Å². The normalized spacial score (nSPS) is 18.4. The van der Waals surface area contributed by atoms with Gasteiger partial charge in [0.2, 0.25) is 6.79 Å². The predicted octanol–water partition coefficient (Wildman–Crippen LogP) is 7.13. The topological polar surface area (TPSA) is 54.9 Å². The van der Waals surface area contributed by atoms with Crippen molar-refractivity contribution in [3.63, 3.8) is 0 Å². The van der Waals surface area contributed by atoms with E-state index in [9.17, 15) is 18.0 Å². The summed E-state index contributed by atoms with van der Waals surface area (Å²) in [5.41, 5.74) is 4.10. The third-order valence-corrected chi connectivity index (χ3v) is 9.05. The minimum absolute atomic E-state index is 0.0118. The van der Waals surface area contributed by atoms with Crippen LogP contribution in [0.15, 0.2) is 66.7 Å². The zero-order valence-electron chi connectivity index (χ0n) is 24.4.